The average molecular weight is 329 g/mol. The van der Waals surface area contributed by atoms with Gasteiger partial charge in [0.15, 0.2) is 17.5 Å². The molecule has 1 amide bonds. The van der Waals surface area contributed by atoms with Crippen molar-refractivity contribution in [1.82, 2.24) is 4.90 Å². The van der Waals surface area contributed by atoms with Crippen molar-refractivity contribution in [3.05, 3.63) is 57.5 Å². The minimum absolute atomic E-state index is 0.0581. The Labute approximate surface area is 127 Å². The van der Waals surface area contributed by atoms with Gasteiger partial charge in [-0.1, -0.05) is 6.07 Å². The molecule has 21 heavy (non-hydrogen) atoms. The maximum absolute atomic E-state index is 13.3. The lowest BCUT2D eigenvalue weighted by molar-refractivity contribution is -0.128. The Morgan fingerprint density at radius 2 is 1.95 bits per heavy atom. The Hall–Kier alpha value is -1.47. The quantitative estimate of drug-likeness (QED) is 0.795. The monoisotopic (exact) mass is 329 g/mol. The van der Waals surface area contributed by atoms with Gasteiger partial charge in [0.2, 0.25) is 5.91 Å². The summed E-state index contributed by atoms with van der Waals surface area (Å²) in [6.07, 6.45) is 0. The fourth-order valence-corrected chi connectivity index (χ4v) is 4.36. The van der Waals surface area contributed by atoms with E-state index in [1.165, 1.54) is 23.1 Å². The number of rotatable bonds is 3. The summed E-state index contributed by atoms with van der Waals surface area (Å²) in [6.45, 7) is 0.0581. The van der Waals surface area contributed by atoms with E-state index in [-0.39, 0.29) is 23.4 Å². The largest absolute Gasteiger partial charge is 0.321 e. The fourth-order valence-electron chi connectivity index (χ4n) is 2.19. The molecular formula is C14H10F3NOS2. The van der Waals surface area contributed by atoms with Gasteiger partial charge >= 0.3 is 0 Å². The predicted molar refractivity (Wildman–Crippen MR) is 76.4 cm³/mol. The Morgan fingerprint density at radius 1 is 1.24 bits per heavy atom. The highest BCUT2D eigenvalue weighted by molar-refractivity contribution is 8.00. The van der Waals surface area contributed by atoms with Gasteiger partial charge in [0, 0.05) is 11.4 Å². The van der Waals surface area contributed by atoms with Crippen LogP contribution in [-0.4, -0.2) is 16.6 Å². The molecule has 110 valence electrons. The van der Waals surface area contributed by atoms with Gasteiger partial charge < -0.3 is 4.90 Å². The second-order valence-electron chi connectivity index (χ2n) is 4.57. The molecule has 1 fully saturated rings. The molecule has 1 atom stereocenters. The van der Waals surface area contributed by atoms with Gasteiger partial charge in [0.05, 0.1) is 5.75 Å². The second-order valence-corrected chi connectivity index (χ2v) is 6.62. The second kappa shape index (κ2) is 5.73. The van der Waals surface area contributed by atoms with Crippen molar-refractivity contribution in [2.24, 2.45) is 0 Å². The number of carbonyl (C=O) groups is 1. The molecule has 1 aromatic heterocycles. The first-order valence-corrected chi connectivity index (χ1v) is 8.07. The van der Waals surface area contributed by atoms with E-state index in [4.69, 9.17) is 0 Å². The number of carbonyl (C=O) groups excluding carboxylic acids is 1. The number of halogens is 3. The number of thiophene rings is 1. The molecule has 3 rings (SSSR count). The van der Waals surface area contributed by atoms with E-state index in [0.717, 1.165) is 17.0 Å². The highest BCUT2D eigenvalue weighted by Crippen LogP contribution is 2.41. The van der Waals surface area contributed by atoms with Crippen LogP contribution in [0.1, 0.15) is 15.8 Å². The summed E-state index contributed by atoms with van der Waals surface area (Å²) >= 11 is 2.99. The summed E-state index contributed by atoms with van der Waals surface area (Å²) in [4.78, 5) is 14.5. The van der Waals surface area contributed by atoms with Crippen LogP contribution in [0.25, 0.3) is 0 Å². The Balaban J connectivity index is 1.87. The first-order valence-electron chi connectivity index (χ1n) is 6.14. The smallest absolute Gasteiger partial charge is 0.234 e. The summed E-state index contributed by atoms with van der Waals surface area (Å²) in [5, 5.41) is 1.75. The molecule has 2 nitrogen and oxygen atoms in total. The lowest BCUT2D eigenvalue weighted by Gasteiger charge is -2.23. The summed E-state index contributed by atoms with van der Waals surface area (Å²) < 4.78 is 39.5. The molecule has 0 aliphatic carbocycles. The highest BCUT2D eigenvalue weighted by Gasteiger charge is 2.33. The van der Waals surface area contributed by atoms with Gasteiger partial charge in [-0.15, -0.1) is 23.1 Å². The first-order chi connectivity index (χ1) is 10.1. The Bertz CT molecular complexity index is 652. The van der Waals surface area contributed by atoms with Gasteiger partial charge in [-0.2, -0.15) is 0 Å². The van der Waals surface area contributed by atoms with E-state index in [2.05, 4.69) is 0 Å². The molecule has 1 aromatic carbocycles. The average Bonchev–Trinajstić information content (AvgIpc) is 3.07. The Kier molecular flexibility index (Phi) is 3.95. The first kappa shape index (κ1) is 14.5. The van der Waals surface area contributed by atoms with Crippen LogP contribution < -0.4 is 0 Å². The maximum Gasteiger partial charge on any atom is 0.234 e. The number of benzene rings is 1. The van der Waals surface area contributed by atoms with Crippen LogP contribution in [-0.2, 0) is 11.3 Å². The summed E-state index contributed by atoms with van der Waals surface area (Å²) in [6, 6.07) is 5.67. The number of hydrogen-bond donors (Lipinski definition) is 0. The third kappa shape index (κ3) is 2.80. The van der Waals surface area contributed by atoms with E-state index in [9.17, 15) is 18.0 Å². The third-order valence-corrected chi connectivity index (χ3v) is 5.46. The zero-order chi connectivity index (χ0) is 15.0. The van der Waals surface area contributed by atoms with Crippen molar-refractivity contribution < 1.29 is 18.0 Å². The minimum atomic E-state index is -1.49. The predicted octanol–water partition coefficient (Wildman–Crippen LogP) is 3.94. The number of thioether (sulfide) groups is 1. The molecule has 1 aliphatic rings. The number of amides is 1. The lowest BCUT2D eigenvalue weighted by Crippen LogP contribution is -2.27. The summed E-state index contributed by atoms with van der Waals surface area (Å²) in [5.74, 6) is -3.73. The molecule has 2 aromatic rings. The number of nitrogens with zero attached hydrogens (tertiary/aromatic N) is 1. The zero-order valence-electron chi connectivity index (χ0n) is 10.7. The van der Waals surface area contributed by atoms with Crippen LogP contribution >= 0.6 is 23.1 Å². The molecule has 0 bridgehead atoms. The van der Waals surface area contributed by atoms with Crippen molar-refractivity contribution in [3.63, 3.8) is 0 Å². The van der Waals surface area contributed by atoms with Crippen molar-refractivity contribution in [1.29, 1.82) is 0 Å². The van der Waals surface area contributed by atoms with Crippen LogP contribution in [0.15, 0.2) is 29.6 Å². The number of hydrogen-bond acceptors (Lipinski definition) is 3. The van der Waals surface area contributed by atoms with Crippen LogP contribution in [0.5, 0.6) is 0 Å². The lowest BCUT2D eigenvalue weighted by atomic mass is 10.2. The molecule has 1 aliphatic heterocycles. The molecule has 0 spiro atoms. The minimum Gasteiger partial charge on any atom is -0.321 e. The molecule has 1 unspecified atom stereocenters. The van der Waals surface area contributed by atoms with Gasteiger partial charge in [0.1, 0.15) is 5.37 Å². The third-order valence-electron chi connectivity index (χ3n) is 3.15. The van der Waals surface area contributed by atoms with Crippen LogP contribution in [0, 0.1) is 17.5 Å². The fraction of sp³-hybridized carbons (Fsp3) is 0.214. The maximum atomic E-state index is 13.3. The van der Waals surface area contributed by atoms with Crippen LogP contribution in [0.4, 0.5) is 13.2 Å². The van der Waals surface area contributed by atoms with Gasteiger partial charge in [0.25, 0.3) is 0 Å². The van der Waals surface area contributed by atoms with Crippen LogP contribution in [0.2, 0.25) is 0 Å². The van der Waals surface area contributed by atoms with Crippen molar-refractivity contribution >= 4 is 29.0 Å². The molecule has 0 radical (unpaired) electrons. The van der Waals surface area contributed by atoms with Crippen molar-refractivity contribution in [2.75, 3.05) is 5.75 Å². The van der Waals surface area contributed by atoms with Gasteiger partial charge in [-0.25, -0.2) is 13.2 Å². The van der Waals surface area contributed by atoms with Gasteiger partial charge in [-0.05, 0) is 29.1 Å². The topological polar surface area (TPSA) is 20.3 Å². The van der Waals surface area contributed by atoms with Gasteiger partial charge in [-0.3, -0.25) is 4.79 Å². The summed E-state index contributed by atoms with van der Waals surface area (Å²) in [5.41, 5.74) is 0.240. The molecular weight excluding hydrogens is 319 g/mol. The van der Waals surface area contributed by atoms with E-state index in [1.807, 2.05) is 17.5 Å². The summed E-state index contributed by atoms with van der Waals surface area (Å²) in [7, 11) is 0. The SMILES string of the molecule is O=C1CSC(c2cccs2)N1Cc1cc(F)c(F)c(F)c1. The normalized spacial score (nSPS) is 18.5. The van der Waals surface area contributed by atoms with Crippen molar-refractivity contribution in [2.45, 2.75) is 11.9 Å². The van der Waals surface area contributed by atoms with E-state index < -0.39 is 17.5 Å². The molecule has 0 saturated carbocycles. The molecule has 1 saturated heterocycles. The standard InChI is InChI=1S/C14H10F3NOS2/c15-9-4-8(5-10(16)13(9)17)6-18-12(19)7-21-14(18)11-2-1-3-20-11/h1-5,14H,6-7H2. The molecule has 0 N–H and O–H groups in total. The van der Waals surface area contributed by atoms with Crippen molar-refractivity contribution in [3.8, 4) is 0 Å². The van der Waals surface area contributed by atoms with Crippen LogP contribution in [0.3, 0.4) is 0 Å². The molecule has 7 heteroatoms. The van der Waals surface area contributed by atoms with E-state index in [1.54, 1.807) is 4.90 Å². The Morgan fingerprint density at radius 3 is 2.57 bits per heavy atom. The zero-order valence-corrected chi connectivity index (χ0v) is 12.3. The van der Waals surface area contributed by atoms with E-state index >= 15 is 0 Å². The highest BCUT2D eigenvalue weighted by atomic mass is 32.2. The van der Waals surface area contributed by atoms with E-state index in [0.29, 0.717) is 5.75 Å². The molecule has 2 heterocycles.